The maximum atomic E-state index is 14.5. The lowest BCUT2D eigenvalue weighted by Crippen LogP contribution is -2.24. The number of H-pyrrole nitrogens is 1. The van der Waals surface area contributed by atoms with Crippen molar-refractivity contribution in [3.63, 3.8) is 0 Å². The van der Waals surface area contributed by atoms with Crippen molar-refractivity contribution in [2.45, 2.75) is 26.2 Å². The van der Waals surface area contributed by atoms with Gasteiger partial charge >= 0.3 is 0 Å². The van der Waals surface area contributed by atoms with Crippen LogP contribution in [0.4, 0.5) is 14.7 Å². The molecule has 0 bridgehead atoms. The third kappa shape index (κ3) is 4.59. The first-order chi connectivity index (χ1) is 14.2. The van der Waals surface area contributed by atoms with Crippen molar-refractivity contribution in [2.24, 2.45) is 16.5 Å². The van der Waals surface area contributed by atoms with Crippen molar-refractivity contribution in [3.05, 3.63) is 71.3 Å². The molecule has 0 radical (unpaired) electrons. The molecule has 0 fully saturated rings. The second-order valence-electron chi connectivity index (χ2n) is 7.48. The van der Waals surface area contributed by atoms with Crippen molar-refractivity contribution in [2.75, 3.05) is 5.32 Å². The number of aliphatic imine (C=N–C) groups is 1. The molecule has 0 saturated carbocycles. The van der Waals surface area contributed by atoms with Crippen molar-refractivity contribution in [3.8, 4) is 0 Å². The minimum Gasteiger partial charge on any atom is -0.396 e. The zero-order valence-corrected chi connectivity index (χ0v) is 16.7. The van der Waals surface area contributed by atoms with Crippen LogP contribution >= 0.6 is 0 Å². The minimum atomic E-state index is -0.671. The van der Waals surface area contributed by atoms with Crippen LogP contribution < -0.4 is 16.8 Å². The fourth-order valence-electron chi connectivity index (χ4n) is 2.56. The summed E-state index contributed by atoms with van der Waals surface area (Å²) in [5.74, 6) is -0.571. The van der Waals surface area contributed by atoms with Crippen LogP contribution in [0.25, 0.3) is 11.4 Å². The van der Waals surface area contributed by atoms with Crippen LogP contribution in [-0.2, 0) is 5.41 Å². The number of pyridine rings is 1. The molecule has 10 heteroatoms. The number of halogens is 2. The normalized spacial score (nSPS) is 13.2. The van der Waals surface area contributed by atoms with Crippen LogP contribution in [-0.4, -0.2) is 26.1 Å². The summed E-state index contributed by atoms with van der Waals surface area (Å²) in [4.78, 5) is 12.2. The molecule has 0 spiro atoms. The van der Waals surface area contributed by atoms with E-state index in [0.29, 0.717) is 5.82 Å². The number of anilines is 1. The first-order valence-corrected chi connectivity index (χ1v) is 9.05. The summed E-state index contributed by atoms with van der Waals surface area (Å²) in [5.41, 5.74) is 11.8. The molecule has 0 aliphatic rings. The lowest BCUT2D eigenvalue weighted by atomic mass is 9.96. The fourth-order valence-corrected chi connectivity index (χ4v) is 2.56. The average molecular weight is 412 g/mol. The summed E-state index contributed by atoms with van der Waals surface area (Å²) in [5, 5.41) is 9.59. The Morgan fingerprint density at radius 2 is 1.80 bits per heavy atom. The number of nitrogens with one attached hydrogen (secondary N) is 2. The topological polar surface area (TPSA) is 131 Å². The van der Waals surface area contributed by atoms with Gasteiger partial charge in [-0.15, -0.1) is 0 Å². The van der Waals surface area contributed by atoms with E-state index < -0.39 is 11.6 Å². The molecule has 0 atom stereocenters. The van der Waals surface area contributed by atoms with E-state index in [1.807, 2.05) is 20.8 Å². The molecule has 156 valence electrons. The maximum Gasteiger partial charge on any atom is 0.225 e. The van der Waals surface area contributed by atoms with E-state index in [4.69, 9.17) is 11.5 Å². The Balaban J connectivity index is 2.05. The number of benzene rings is 1. The second-order valence-corrected chi connectivity index (χ2v) is 7.48. The second kappa shape index (κ2) is 8.27. The Bertz CT molecular complexity index is 1110. The van der Waals surface area contributed by atoms with E-state index in [-0.39, 0.29) is 39.8 Å². The summed E-state index contributed by atoms with van der Waals surface area (Å²) >= 11 is 0. The lowest BCUT2D eigenvalue weighted by Gasteiger charge is -2.12. The summed E-state index contributed by atoms with van der Waals surface area (Å²) in [6.45, 7) is 5.88. The Morgan fingerprint density at radius 1 is 1.07 bits per heavy atom. The predicted octanol–water partition coefficient (Wildman–Crippen LogP) is 2.99. The minimum absolute atomic E-state index is 0.0227. The number of rotatable bonds is 4. The third-order valence-electron chi connectivity index (χ3n) is 4.08. The van der Waals surface area contributed by atoms with Crippen molar-refractivity contribution < 1.29 is 8.78 Å². The van der Waals surface area contributed by atoms with E-state index >= 15 is 0 Å². The van der Waals surface area contributed by atoms with Crippen molar-refractivity contribution in [1.29, 1.82) is 0 Å². The van der Waals surface area contributed by atoms with Gasteiger partial charge in [-0.25, -0.2) is 18.9 Å². The van der Waals surface area contributed by atoms with Crippen LogP contribution in [0, 0.1) is 11.6 Å². The van der Waals surface area contributed by atoms with Gasteiger partial charge in [-0.05, 0) is 18.2 Å². The molecule has 30 heavy (non-hydrogen) atoms. The Morgan fingerprint density at radius 3 is 2.43 bits per heavy atom. The number of hydrogen-bond donors (Lipinski definition) is 4. The van der Waals surface area contributed by atoms with Crippen LogP contribution in [0.5, 0.6) is 0 Å². The van der Waals surface area contributed by atoms with Gasteiger partial charge in [0.25, 0.3) is 0 Å². The molecule has 3 rings (SSSR count). The third-order valence-corrected chi connectivity index (χ3v) is 4.08. The number of nitrogens with zero attached hydrogens (tertiary/aromatic N) is 4. The molecule has 1 aromatic carbocycles. The molecule has 0 amide bonds. The van der Waals surface area contributed by atoms with E-state index in [0.717, 1.165) is 6.20 Å². The standard InChI is InChI=1S/C20H22F2N8/c1-20(2,3)17-27-19(30-29-17)28-18(24)26-16(12-6-4-5-7-13(12)21)15(23)11-8-9-25-10-14(11)22/h4-10H,23H2,1-3H3,(H4,24,26,27,28,29,30)/b16-15-. The van der Waals surface area contributed by atoms with Gasteiger partial charge in [0.1, 0.15) is 11.5 Å². The summed E-state index contributed by atoms with van der Waals surface area (Å²) in [6, 6.07) is 7.22. The van der Waals surface area contributed by atoms with Crippen molar-refractivity contribution >= 4 is 23.3 Å². The largest absolute Gasteiger partial charge is 0.396 e. The molecular formula is C20H22F2N8. The molecule has 6 N–H and O–H groups in total. The Labute approximate surface area is 172 Å². The van der Waals surface area contributed by atoms with E-state index in [2.05, 4.69) is 30.5 Å². The first kappa shape index (κ1) is 20.9. The molecule has 3 aromatic rings. The molecular weight excluding hydrogens is 390 g/mol. The number of guanidine groups is 1. The van der Waals surface area contributed by atoms with Gasteiger partial charge in [0.15, 0.2) is 11.6 Å². The number of aromatic amines is 1. The van der Waals surface area contributed by atoms with Gasteiger partial charge in [-0.3, -0.25) is 10.3 Å². The monoisotopic (exact) mass is 412 g/mol. The number of hydrogen-bond acceptors (Lipinski definition) is 5. The Kier molecular flexibility index (Phi) is 5.77. The molecule has 0 aliphatic heterocycles. The molecule has 2 heterocycles. The molecule has 2 aromatic heterocycles. The molecule has 0 saturated heterocycles. The van der Waals surface area contributed by atoms with E-state index in [9.17, 15) is 8.78 Å². The SMILES string of the molecule is CC(C)(C)c1n[nH]c(N/C(N)=N/C(=C(\N)c2ccncc2F)c2ccccc2F)n1. The predicted molar refractivity (Wildman–Crippen MR) is 112 cm³/mol. The smallest absolute Gasteiger partial charge is 0.225 e. The van der Waals surface area contributed by atoms with Gasteiger partial charge in [0.2, 0.25) is 11.9 Å². The first-order valence-electron chi connectivity index (χ1n) is 9.05. The van der Waals surface area contributed by atoms with Crippen molar-refractivity contribution in [1.82, 2.24) is 20.2 Å². The molecule has 0 unspecified atom stereocenters. The highest BCUT2D eigenvalue weighted by molar-refractivity contribution is 5.99. The van der Waals surface area contributed by atoms with Crippen LogP contribution in [0.3, 0.4) is 0 Å². The average Bonchev–Trinajstić information content (AvgIpc) is 3.15. The highest BCUT2D eigenvalue weighted by Gasteiger charge is 2.20. The summed E-state index contributed by atoms with van der Waals surface area (Å²) in [6.07, 6.45) is 2.38. The maximum absolute atomic E-state index is 14.5. The van der Waals surface area contributed by atoms with Crippen LogP contribution in [0.15, 0.2) is 47.7 Å². The zero-order valence-electron chi connectivity index (χ0n) is 16.7. The van der Waals surface area contributed by atoms with Gasteiger partial charge in [-0.2, -0.15) is 10.1 Å². The van der Waals surface area contributed by atoms with Gasteiger partial charge in [0, 0.05) is 22.7 Å². The number of aromatic nitrogens is 4. The quantitative estimate of drug-likeness (QED) is 0.385. The summed E-state index contributed by atoms with van der Waals surface area (Å²) < 4.78 is 28.7. The van der Waals surface area contributed by atoms with Gasteiger partial charge < -0.3 is 11.5 Å². The fraction of sp³-hybridized carbons (Fsp3) is 0.200. The highest BCUT2D eigenvalue weighted by Crippen LogP contribution is 2.27. The van der Waals surface area contributed by atoms with Crippen LogP contribution in [0.1, 0.15) is 37.7 Å². The van der Waals surface area contributed by atoms with E-state index in [1.165, 1.54) is 30.5 Å². The number of nitrogens with two attached hydrogens (primary N) is 2. The van der Waals surface area contributed by atoms with Crippen LogP contribution in [0.2, 0.25) is 0 Å². The van der Waals surface area contributed by atoms with Gasteiger partial charge in [-0.1, -0.05) is 32.9 Å². The Hall–Kier alpha value is -3.82. The van der Waals surface area contributed by atoms with Gasteiger partial charge in [0.05, 0.1) is 11.9 Å². The highest BCUT2D eigenvalue weighted by atomic mass is 19.1. The van der Waals surface area contributed by atoms with E-state index in [1.54, 1.807) is 6.07 Å². The molecule has 8 nitrogen and oxygen atoms in total. The summed E-state index contributed by atoms with van der Waals surface area (Å²) in [7, 11) is 0. The lowest BCUT2D eigenvalue weighted by molar-refractivity contribution is 0.548. The molecule has 0 aliphatic carbocycles. The zero-order chi connectivity index (χ0) is 21.9.